The molecular formula is C13H15BrN2O. The van der Waals surface area contributed by atoms with Crippen LogP contribution in [0.25, 0.3) is 0 Å². The molecule has 0 spiro atoms. The normalized spacial score (nSPS) is 10.6. The van der Waals surface area contributed by atoms with Crippen molar-refractivity contribution < 1.29 is 4.42 Å². The van der Waals surface area contributed by atoms with E-state index < -0.39 is 0 Å². The second-order valence-corrected chi connectivity index (χ2v) is 5.04. The molecule has 0 radical (unpaired) electrons. The first kappa shape index (κ1) is 12.2. The van der Waals surface area contributed by atoms with Crippen molar-refractivity contribution in [3.8, 4) is 0 Å². The Morgan fingerprint density at radius 2 is 2.12 bits per heavy atom. The van der Waals surface area contributed by atoms with Crippen LogP contribution in [0.5, 0.6) is 0 Å². The molecule has 0 saturated carbocycles. The number of aryl methyl sites for hydroxylation is 2. The minimum atomic E-state index is 0.711. The molecule has 4 heteroatoms. The van der Waals surface area contributed by atoms with Crippen molar-refractivity contribution in [1.82, 2.24) is 4.98 Å². The van der Waals surface area contributed by atoms with Gasteiger partial charge in [0.05, 0.1) is 11.0 Å². The molecule has 2 aromatic heterocycles. The molecule has 0 unspecified atom stereocenters. The summed E-state index contributed by atoms with van der Waals surface area (Å²) in [7, 11) is 2.00. The standard InChI is InChI=1S/C13H15BrN2O/c1-9-6-12(14)13(15-7-9)16(3)8-11-5-4-10(2)17-11/h4-7H,8H2,1-3H3. The van der Waals surface area contributed by atoms with Crippen LogP contribution in [-0.2, 0) is 6.54 Å². The van der Waals surface area contributed by atoms with Crippen LogP contribution in [-0.4, -0.2) is 12.0 Å². The Labute approximate surface area is 110 Å². The summed E-state index contributed by atoms with van der Waals surface area (Å²) < 4.78 is 6.56. The summed E-state index contributed by atoms with van der Waals surface area (Å²) in [5.41, 5.74) is 1.14. The summed E-state index contributed by atoms with van der Waals surface area (Å²) in [5, 5.41) is 0. The SMILES string of the molecule is Cc1cnc(N(C)Cc2ccc(C)o2)c(Br)c1. The van der Waals surface area contributed by atoms with E-state index >= 15 is 0 Å². The lowest BCUT2D eigenvalue weighted by Crippen LogP contribution is -2.17. The molecule has 0 N–H and O–H groups in total. The molecule has 0 amide bonds. The molecule has 17 heavy (non-hydrogen) atoms. The minimum Gasteiger partial charge on any atom is -0.464 e. The van der Waals surface area contributed by atoms with Crippen molar-refractivity contribution in [2.75, 3.05) is 11.9 Å². The predicted octanol–water partition coefficient (Wildman–Crippen LogP) is 3.69. The number of hydrogen-bond acceptors (Lipinski definition) is 3. The van der Waals surface area contributed by atoms with Gasteiger partial charge in [-0.25, -0.2) is 4.98 Å². The third-order valence-electron chi connectivity index (χ3n) is 2.51. The van der Waals surface area contributed by atoms with Crippen LogP contribution in [0.15, 0.2) is 33.3 Å². The van der Waals surface area contributed by atoms with E-state index in [1.807, 2.05) is 39.2 Å². The van der Waals surface area contributed by atoms with Gasteiger partial charge >= 0.3 is 0 Å². The molecule has 0 aromatic carbocycles. The Kier molecular flexibility index (Phi) is 3.52. The maximum atomic E-state index is 5.55. The van der Waals surface area contributed by atoms with Gasteiger partial charge in [-0.2, -0.15) is 0 Å². The van der Waals surface area contributed by atoms with E-state index in [2.05, 4.69) is 31.9 Å². The number of nitrogens with zero attached hydrogens (tertiary/aromatic N) is 2. The molecule has 2 rings (SSSR count). The molecule has 3 nitrogen and oxygen atoms in total. The van der Waals surface area contributed by atoms with Crippen LogP contribution in [0.2, 0.25) is 0 Å². The molecule has 0 atom stereocenters. The maximum absolute atomic E-state index is 5.55. The smallest absolute Gasteiger partial charge is 0.143 e. The molecule has 2 aromatic rings. The van der Waals surface area contributed by atoms with Gasteiger partial charge in [-0.15, -0.1) is 0 Å². The average Bonchev–Trinajstić information content (AvgIpc) is 2.63. The van der Waals surface area contributed by atoms with Gasteiger partial charge in [-0.05, 0) is 53.5 Å². The van der Waals surface area contributed by atoms with E-state index in [-0.39, 0.29) is 0 Å². The van der Waals surface area contributed by atoms with E-state index in [0.29, 0.717) is 6.54 Å². The lowest BCUT2D eigenvalue weighted by molar-refractivity contribution is 0.481. The van der Waals surface area contributed by atoms with Crippen LogP contribution in [0, 0.1) is 13.8 Å². The number of pyridine rings is 1. The number of rotatable bonds is 3. The fourth-order valence-corrected chi connectivity index (χ4v) is 2.45. The fraction of sp³-hybridized carbons (Fsp3) is 0.308. The summed E-state index contributed by atoms with van der Waals surface area (Å²) in [6, 6.07) is 6.03. The first-order valence-corrected chi connectivity index (χ1v) is 6.24. The molecule has 0 saturated heterocycles. The predicted molar refractivity (Wildman–Crippen MR) is 72.2 cm³/mol. The monoisotopic (exact) mass is 294 g/mol. The third-order valence-corrected chi connectivity index (χ3v) is 3.09. The van der Waals surface area contributed by atoms with E-state index in [1.165, 1.54) is 0 Å². The molecule has 2 heterocycles. The minimum absolute atomic E-state index is 0.711. The van der Waals surface area contributed by atoms with Crippen molar-refractivity contribution >= 4 is 21.7 Å². The summed E-state index contributed by atoms with van der Waals surface area (Å²) in [6.45, 7) is 4.68. The Bertz CT molecular complexity index is 522. The van der Waals surface area contributed by atoms with Crippen LogP contribution in [0.3, 0.4) is 0 Å². The number of aromatic nitrogens is 1. The Morgan fingerprint density at radius 1 is 1.35 bits per heavy atom. The highest BCUT2D eigenvalue weighted by Gasteiger charge is 2.09. The second-order valence-electron chi connectivity index (χ2n) is 4.19. The zero-order valence-electron chi connectivity index (χ0n) is 10.2. The number of hydrogen-bond donors (Lipinski definition) is 0. The number of furan rings is 1. The number of halogens is 1. The van der Waals surface area contributed by atoms with Crippen LogP contribution >= 0.6 is 15.9 Å². The molecule has 0 aliphatic rings. The quantitative estimate of drug-likeness (QED) is 0.865. The van der Waals surface area contributed by atoms with Gasteiger partial charge in [-0.1, -0.05) is 0 Å². The first-order valence-electron chi connectivity index (χ1n) is 5.45. The van der Waals surface area contributed by atoms with E-state index in [0.717, 1.165) is 27.4 Å². The van der Waals surface area contributed by atoms with Crippen molar-refractivity contribution in [2.24, 2.45) is 0 Å². The molecular weight excluding hydrogens is 280 g/mol. The van der Waals surface area contributed by atoms with Crippen LogP contribution in [0.1, 0.15) is 17.1 Å². The largest absolute Gasteiger partial charge is 0.464 e. The van der Waals surface area contributed by atoms with Gasteiger partial charge in [-0.3, -0.25) is 0 Å². The van der Waals surface area contributed by atoms with Gasteiger partial charge in [0.25, 0.3) is 0 Å². The lowest BCUT2D eigenvalue weighted by atomic mass is 10.3. The van der Waals surface area contributed by atoms with Crippen molar-refractivity contribution in [3.63, 3.8) is 0 Å². The zero-order chi connectivity index (χ0) is 12.4. The highest BCUT2D eigenvalue weighted by Crippen LogP contribution is 2.24. The number of anilines is 1. The Hall–Kier alpha value is -1.29. The summed E-state index contributed by atoms with van der Waals surface area (Å²) in [5.74, 6) is 2.80. The summed E-state index contributed by atoms with van der Waals surface area (Å²) >= 11 is 3.53. The van der Waals surface area contributed by atoms with E-state index in [9.17, 15) is 0 Å². The zero-order valence-corrected chi connectivity index (χ0v) is 11.8. The van der Waals surface area contributed by atoms with Gasteiger partial charge in [0, 0.05) is 13.2 Å². The van der Waals surface area contributed by atoms with Gasteiger partial charge in [0.2, 0.25) is 0 Å². The molecule has 0 fully saturated rings. The average molecular weight is 295 g/mol. The lowest BCUT2D eigenvalue weighted by Gasteiger charge is -2.18. The maximum Gasteiger partial charge on any atom is 0.143 e. The van der Waals surface area contributed by atoms with Gasteiger partial charge in [0.1, 0.15) is 17.3 Å². The molecule has 0 aliphatic carbocycles. The summed E-state index contributed by atoms with van der Waals surface area (Å²) in [6.07, 6.45) is 1.87. The first-order chi connectivity index (χ1) is 8.06. The Balaban J connectivity index is 2.17. The third kappa shape index (κ3) is 2.88. The van der Waals surface area contributed by atoms with Crippen molar-refractivity contribution in [3.05, 3.63) is 46.0 Å². The fourth-order valence-electron chi connectivity index (χ4n) is 1.69. The topological polar surface area (TPSA) is 29.3 Å². The van der Waals surface area contributed by atoms with Gasteiger partial charge in [0.15, 0.2) is 0 Å². The van der Waals surface area contributed by atoms with Crippen LogP contribution < -0.4 is 4.90 Å². The molecule has 0 bridgehead atoms. The molecule has 0 aliphatic heterocycles. The molecule has 90 valence electrons. The van der Waals surface area contributed by atoms with Crippen LogP contribution in [0.4, 0.5) is 5.82 Å². The van der Waals surface area contributed by atoms with E-state index in [1.54, 1.807) is 0 Å². The Morgan fingerprint density at radius 3 is 2.71 bits per heavy atom. The highest BCUT2D eigenvalue weighted by atomic mass is 79.9. The summed E-state index contributed by atoms with van der Waals surface area (Å²) in [4.78, 5) is 6.48. The van der Waals surface area contributed by atoms with Crippen molar-refractivity contribution in [1.29, 1.82) is 0 Å². The second kappa shape index (κ2) is 4.92. The highest BCUT2D eigenvalue weighted by molar-refractivity contribution is 9.10. The van der Waals surface area contributed by atoms with Crippen molar-refractivity contribution in [2.45, 2.75) is 20.4 Å². The van der Waals surface area contributed by atoms with Gasteiger partial charge < -0.3 is 9.32 Å². The van der Waals surface area contributed by atoms with E-state index in [4.69, 9.17) is 4.42 Å².